The van der Waals surface area contributed by atoms with Crippen molar-refractivity contribution < 1.29 is 16.9 Å². The molecule has 0 saturated heterocycles. The van der Waals surface area contributed by atoms with Crippen molar-refractivity contribution >= 4 is 0 Å². The average molecular weight is 326 g/mol. The second-order valence-electron chi connectivity index (χ2n) is 6.83. The summed E-state index contributed by atoms with van der Waals surface area (Å²) < 4.78 is 1.21. The number of hydrogen-bond donors (Lipinski definition) is 0. The Morgan fingerprint density at radius 1 is 0.727 bits per heavy atom. The van der Waals surface area contributed by atoms with Crippen LogP contribution in [0.1, 0.15) is 70.8 Å². The van der Waals surface area contributed by atoms with Gasteiger partial charge in [-0.3, -0.25) is 0 Å². The van der Waals surface area contributed by atoms with Crippen molar-refractivity contribution in [1.82, 2.24) is 0 Å². The summed E-state index contributed by atoms with van der Waals surface area (Å²) in [5.74, 6) is 0. The largest absolute Gasteiger partial charge is 1.00 e. The molecule has 0 aromatic heterocycles. The van der Waals surface area contributed by atoms with E-state index >= 15 is 0 Å². The molecular weight excluding hydrogens is 290 g/mol. The third kappa shape index (κ3) is 9.48. The molecular formula is C20H36ClN. The van der Waals surface area contributed by atoms with Crippen LogP contribution in [0.2, 0.25) is 0 Å². The highest BCUT2D eigenvalue weighted by atomic mass is 35.5. The van der Waals surface area contributed by atoms with Gasteiger partial charge in [0.15, 0.2) is 0 Å². The maximum Gasteiger partial charge on any atom is 0.104 e. The fourth-order valence-electron chi connectivity index (χ4n) is 3.11. The van der Waals surface area contributed by atoms with Crippen molar-refractivity contribution in [2.24, 2.45) is 0 Å². The van der Waals surface area contributed by atoms with Gasteiger partial charge in [-0.1, -0.05) is 76.3 Å². The van der Waals surface area contributed by atoms with Crippen LogP contribution in [-0.4, -0.2) is 24.6 Å². The van der Waals surface area contributed by atoms with Crippen LogP contribution in [0.25, 0.3) is 0 Å². The minimum Gasteiger partial charge on any atom is -1.00 e. The minimum absolute atomic E-state index is 0. The van der Waals surface area contributed by atoms with Gasteiger partial charge in [0.1, 0.15) is 6.54 Å². The van der Waals surface area contributed by atoms with Crippen LogP contribution >= 0.6 is 0 Å². The summed E-state index contributed by atoms with van der Waals surface area (Å²) in [5.41, 5.74) is 1.49. The smallest absolute Gasteiger partial charge is 0.104 e. The standard InChI is InChI=1S/C20H36N.ClH/c1-4-6-8-9-10-14-18-21(3,17-7-5-2)19-20-15-12-11-13-16-20;/h11-13,15-16H,4-10,14,17-19H2,1-3H3;1H/q+1;/p-1. The first-order chi connectivity index (χ1) is 10.2. The summed E-state index contributed by atoms with van der Waals surface area (Å²) in [4.78, 5) is 0. The molecule has 0 bridgehead atoms. The molecule has 1 unspecified atom stereocenters. The molecule has 1 atom stereocenters. The van der Waals surface area contributed by atoms with E-state index in [1.54, 1.807) is 0 Å². The van der Waals surface area contributed by atoms with Crippen LogP contribution in [0.3, 0.4) is 0 Å². The van der Waals surface area contributed by atoms with E-state index < -0.39 is 0 Å². The molecule has 0 fully saturated rings. The molecule has 1 aromatic rings. The van der Waals surface area contributed by atoms with Crippen LogP contribution in [0, 0.1) is 0 Å². The zero-order chi connectivity index (χ0) is 15.4. The Bertz CT molecular complexity index is 352. The Kier molecular flexibility index (Phi) is 12.6. The Hall–Kier alpha value is -0.530. The highest BCUT2D eigenvalue weighted by Gasteiger charge is 2.20. The average Bonchev–Trinajstić information content (AvgIpc) is 2.50. The van der Waals surface area contributed by atoms with Gasteiger partial charge >= 0.3 is 0 Å². The number of halogens is 1. The molecule has 0 radical (unpaired) electrons. The topological polar surface area (TPSA) is 0 Å². The number of unbranched alkanes of at least 4 members (excludes halogenated alkanes) is 6. The lowest BCUT2D eigenvalue weighted by atomic mass is 10.1. The molecule has 0 aliphatic heterocycles. The highest BCUT2D eigenvalue weighted by molar-refractivity contribution is 5.13. The summed E-state index contributed by atoms with van der Waals surface area (Å²) in [6.45, 7) is 8.44. The molecule has 0 aliphatic rings. The molecule has 0 aliphatic carbocycles. The fourth-order valence-corrected chi connectivity index (χ4v) is 3.11. The van der Waals surface area contributed by atoms with E-state index in [0.717, 1.165) is 0 Å². The van der Waals surface area contributed by atoms with Crippen molar-refractivity contribution in [2.45, 2.75) is 71.8 Å². The van der Waals surface area contributed by atoms with Gasteiger partial charge < -0.3 is 16.9 Å². The molecule has 1 rings (SSSR count). The molecule has 22 heavy (non-hydrogen) atoms. The Morgan fingerprint density at radius 2 is 1.27 bits per heavy atom. The van der Waals surface area contributed by atoms with Gasteiger partial charge in [-0.2, -0.15) is 0 Å². The van der Waals surface area contributed by atoms with Crippen molar-refractivity contribution in [3.63, 3.8) is 0 Å². The summed E-state index contributed by atoms with van der Waals surface area (Å²) in [5, 5.41) is 0. The van der Waals surface area contributed by atoms with Gasteiger partial charge in [-0.25, -0.2) is 0 Å². The summed E-state index contributed by atoms with van der Waals surface area (Å²) in [6.07, 6.45) is 11.1. The maximum absolute atomic E-state index is 2.45. The molecule has 0 amide bonds. The first-order valence-electron chi connectivity index (χ1n) is 9.07. The van der Waals surface area contributed by atoms with E-state index in [4.69, 9.17) is 0 Å². The maximum atomic E-state index is 2.45. The lowest BCUT2D eigenvalue weighted by molar-refractivity contribution is -0.923. The van der Waals surface area contributed by atoms with E-state index in [1.807, 2.05) is 0 Å². The predicted molar refractivity (Wildman–Crippen MR) is 94.3 cm³/mol. The molecule has 0 spiro atoms. The quantitative estimate of drug-likeness (QED) is 0.409. The summed E-state index contributed by atoms with van der Waals surface area (Å²) in [6, 6.07) is 11.0. The highest BCUT2D eigenvalue weighted by Crippen LogP contribution is 2.16. The molecule has 128 valence electrons. The Labute approximate surface area is 145 Å². The van der Waals surface area contributed by atoms with Gasteiger partial charge in [-0.05, 0) is 19.3 Å². The lowest BCUT2D eigenvalue weighted by Crippen LogP contribution is -3.00. The van der Waals surface area contributed by atoms with Crippen LogP contribution in [0.15, 0.2) is 30.3 Å². The molecule has 0 heterocycles. The first kappa shape index (κ1) is 21.5. The summed E-state index contributed by atoms with van der Waals surface area (Å²) >= 11 is 0. The fraction of sp³-hybridized carbons (Fsp3) is 0.700. The van der Waals surface area contributed by atoms with Crippen molar-refractivity contribution in [1.29, 1.82) is 0 Å². The van der Waals surface area contributed by atoms with Crippen molar-refractivity contribution in [3.05, 3.63) is 35.9 Å². The lowest BCUT2D eigenvalue weighted by Gasteiger charge is -2.35. The van der Waals surface area contributed by atoms with Crippen LogP contribution in [-0.2, 0) is 6.54 Å². The predicted octanol–water partition coefficient (Wildman–Crippen LogP) is 2.80. The molecule has 2 heteroatoms. The summed E-state index contributed by atoms with van der Waals surface area (Å²) in [7, 11) is 2.45. The second kappa shape index (κ2) is 13.0. The SMILES string of the molecule is CCCCCCCC[N+](C)(CCCC)Cc1ccccc1.[Cl-]. The number of rotatable bonds is 12. The minimum atomic E-state index is 0. The number of hydrogen-bond acceptors (Lipinski definition) is 0. The molecule has 0 N–H and O–H groups in total. The van der Waals surface area contributed by atoms with Gasteiger partial charge in [-0.15, -0.1) is 0 Å². The second-order valence-corrected chi connectivity index (χ2v) is 6.83. The van der Waals surface area contributed by atoms with Crippen molar-refractivity contribution in [2.75, 3.05) is 20.1 Å². The van der Waals surface area contributed by atoms with Gasteiger partial charge in [0, 0.05) is 5.56 Å². The zero-order valence-corrected chi connectivity index (χ0v) is 15.7. The third-order valence-electron chi connectivity index (χ3n) is 4.51. The number of quaternary nitrogens is 1. The number of nitrogens with zero attached hydrogens (tertiary/aromatic N) is 1. The Balaban J connectivity index is 0.00000441. The third-order valence-corrected chi connectivity index (χ3v) is 4.51. The van der Waals surface area contributed by atoms with E-state index in [1.165, 1.54) is 81.0 Å². The normalized spacial score (nSPS) is 13.4. The van der Waals surface area contributed by atoms with Gasteiger partial charge in [0.2, 0.25) is 0 Å². The molecule has 1 nitrogen and oxygen atoms in total. The van der Waals surface area contributed by atoms with E-state index in [9.17, 15) is 0 Å². The van der Waals surface area contributed by atoms with Crippen LogP contribution < -0.4 is 12.4 Å². The first-order valence-corrected chi connectivity index (χ1v) is 9.07. The van der Waals surface area contributed by atoms with Crippen molar-refractivity contribution in [3.8, 4) is 0 Å². The zero-order valence-electron chi connectivity index (χ0n) is 15.0. The molecule has 0 saturated carbocycles. The van der Waals surface area contributed by atoms with E-state index in [0.29, 0.717) is 0 Å². The van der Waals surface area contributed by atoms with Gasteiger partial charge in [0.05, 0.1) is 20.1 Å². The van der Waals surface area contributed by atoms with E-state index in [2.05, 4.69) is 51.2 Å². The van der Waals surface area contributed by atoms with Gasteiger partial charge in [0.25, 0.3) is 0 Å². The number of benzene rings is 1. The van der Waals surface area contributed by atoms with Crippen LogP contribution in [0.5, 0.6) is 0 Å². The van der Waals surface area contributed by atoms with E-state index in [-0.39, 0.29) is 12.4 Å². The van der Waals surface area contributed by atoms with Crippen LogP contribution in [0.4, 0.5) is 0 Å². The Morgan fingerprint density at radius 3 is 1.91 bits per heavy atom. The monoisotopic (exact) mass is 325 g/mol. The molecule has 1 aromatic carbocycles.